The zero-order valence-electron chi connectivity index (χ0n) is 11.5. The molecule has 2 fully saturated rings. The summed E-state index contributed by atoms with van der Waals surface area (Å²) in [5, 5.41) is 11.6. The van der Waals surface area contributed by atoms with E-state index in [-0.39, 0.29) is 23.1 Å². The molecule has 0 bridgehead atoms. The van der Waals surface area contributed by atoms with Gasteiger partial charge in [0.25, 0.3) is 0 Å². The molecule has 2 aliphatic rings. The Bertz CT molecular complexity index is 477. The molecular formula is C13H18N2O4S. The third kappa shape index (κ3) is 2.54. The van der Waals surface area contributed by atoms with Gasteiger partial charge in [-0.05, 0) is 11.5 Å². The molecule has 2 saturated heterocycles. The molecular weight excluding hydrogens is 280 g/mol. The molecule has 2 unspecified atom stereocenters. The summed E-state index contributed by atoms with van der Waals surface area (Å²) in [6.07, 6.45) is 0.357. The third-order valence-electron chi connectivity index (χ3n) is 3.33. The van der Waals surface area contributed by atoms with Crippen LogP contribution in [0.4, 0.5) is 0 Å². The van der Waals surface area contributed by atoms with Gasteiger partial charge in [0, 0.05) is 12.2 Å². The van der Waals surface area contributed by atoms with Crippen LogP contribution in [-0.2, 0) is 14.4 Å². The van der Waals surface area contributed by atoms with E-state index in [2.05, 4.69) is 11.9 Å². The van der Waals surface area contributed by atoms with Crippen LogP contribution in [0.2, 0.25) is 0 Å². The summed E-state index contributed by atoms with van der Waals surface area (Å²) >= 11 is 1.44. The maximum Gasteiger partial charge on any atom is 0.330 e. The van der Waals surface area contributed by atoms with Crippen LogP contribution < -0.4 is 5.32 Å². The minimum atomic E-state index is -1.07. The molecule has 0 radical (unpaired) electrons. The standard InChI is InChI=1S/C13H18N2O4S/c1-6(2)4-8(16)14-9-11(17)15-10(13(18)19)7(3)5-20-12(9)15/h6,9-10,12H,3-5H2,1-2H3,(H,14,16)(H,18,19)/t9?,10?,12-/m0/s1. The molecule has 7 heteroatoms. The Morgan fingerprint density at radius 3 is 2.75 bits per heavy atom. The summed E-state index contributed by atoms with van der Waals surface area (Å²) in [5.74, 6) is -0.878. The van der Waals surface area contributed by atoms with Crippen molar-refractivity contribution in [2.45, 2.75) is 37.7 Å². The summed E-state index contributed by atoms with van der Waals surface area (Å²) < 4.78 is 0. The fourth-order valence-corrected chi connectivity index (χ4v) is 3.74. The number of amides is 2. The first-order valence-electron chi connectivity index (χ1n) is 6.46. The van der Waals surface area contributed by atoms with Crippen molar-refractivity contribution in [3.63, 3.8) is 0 Å². The molecule has 0 spiro atoms. The highest BCUT2D eigenvalue weighted by Crippen LogP contribution is 2.39. The number of nitrogens with zero attached hydrogens (tertiary/aromatic N) is 1. The molecule has 0 aromatic heterocycles. The Balaban J connectivity index is 2.04. The Morgan fingerprint density at radius 1 is 1.55 bits per heavy atom. The zero-order valence-corrected chi connectivity index (χ0v) is 12.3. The summed E-state index contributed by atoms with van der Waals surface area (Å²) in [4.78, 5) is 36.3. The Kier molecular flexibility index (Phi) is 4.08. The monoisotopic (exact) mass is 298 g/mol. The van der Waals surface area contributed by atoms with Gasteiger partial charge in [0.15, 0.2) is 6.04 Å². The third-order valence-corrected chi connectivity index (χ3v) is 4.71. The second kappa shape index (κ2) is 5.47. The lowest BCUT2D eigenvalue weighted by atomic mass is 9.98. The summed E-state index contributed by atoms with van der Waals surface area (Å²) in [6, 6.07) is -1.58. The quantitative estimate of drug-likeness (QED) is 0.581. The van der Waals surface area contributed by atoms with Gasteiger partial charge in [0.1, 0.15) is 11.4 Å². The highest BCUT2D eigenvalue weighted by atomic mass is 32.2. The summed E-state index contributed by atoms with van der Waals surface area (Å²) in [6.45, 7) is 7.56. The number of thioether (sulfide) groups is 1. The zero-order chi connectivity index (χ0) is 15.0. The second-order valence-corrected chi connectivity index (χ2v) is 6.59. The van der Waals surface area contributed by atoms with E-state index >= 15 is 0 Å². The molecule has 2 heterocycles. The second-order valence-electron chi connectivity index (χ2n) is 5.49. The molecule has 2 amide bonds. The van der Waals surface area contributed by atoms with Crippen molar-refractivity contribution in [2.24, 2.45) is 5.92 Å². The molecule has 2 N–H and O–H groups in total. The number of carboxylic acids is 1. The smallest absolute Gasteiger partial charge is 0.330 e. The first-order valence-corrected chi connectivity index (χ1v) is 7.51. The van der Waals surface area contributed by atoms with Crippen molar-refractivity contribution in [3.05, 3.63) is 12.2 Å². The lowest BCUT2D eigenvalue weighted by molar-refractivity contribution is -0.160. The Morgan fingerprint density at radius 2 is 2.20 bits per heavy atom. The van der Waals surface area contributed by atoms with E-state index in [0.29, 0.717) is 17.7 Å². The number of carbonyl (C=O) groups is 3. The average molecular weight is 298 g/mol. The molecule has 0 aromatic carbocycles. The largest absolute Gasteiger partial charge is 0.479 e. The number of nitrogens with one attached hydrogen (secondary N) is 1. The van der Waals surface area contributed by atoms with Crippen molar-refractivity contribution in [3.8, 4) is 0 Å². The Hall–Kier alpha value is -1.50. The Labute approximate surface area is 121 Å². The SMILES string of the molecule is C=C1CS[C@H]2C(NC(=O)CC(C)C)C(=O)N2C1C(=O)O. The van der Waals surface area contributed by atoms with Crippen molar-refractivity contribution < 1.29 is 19.5 Å². The van der Waals surface area contributed by atoms with E-state index in [9.17, 15) is 19.5 Å². The number of hydrogen-bond acceptors (Lipinski definition) is 4. The van der Waals surface area contributed by atoms with Gasteiger partial charge >= 0.3 is 5.97 Å². The molecule has 20 heavy (non-hydrogen) atoms. The van der Waals surface area contributed by atoms with Gasteiger partial charge in [0.05, 0.1) is 0 Å². The molecule has 2 aliphatic heterocycles. The van der Waals surface area contributed by atoms with Gasteiger partial charge in [-0.3, -0.25) is 9.59 Å². The fraction of sp³-hybridized carbons (Fsp3) is 0.615. The van der Waals surface area contributed by atoms with E-state index in [4.69, 9.17) is 0 Å². The lowest BCUT2D eigenvalue weighted by Gasteiger charge is -2.52. The minimum Gasteiger partial charge on any atom is -0.479 e. The average Bonchev–Trinajstić information content (AvgIpc) is 2.34. The predicted molar refractivity (Wildman–Crippen MR) is 75.0 cm³/mol. The number of rotatable bonds is 4. The first kappa shape index (κ1) is 14.9. The maximum atomic E-state index is 12.1. The van der Waals surface area contributed by atoms with E-state index in [0.717, 1.165) is 0 Å². The van der Waals surface area contributed by atoms with Crippen LogP contribution in [0.1, 0.15) is 20.3 Å². The number of aliphatic carboxylic acids is 1. The normalized spacial score (nSPS) is 28.9. The summed E-state index contributed by atoms with van der Waals surface area (Å²) in [7, 11) is 0. The molecule has 2 rings (SSSR count). The van der Waals surface area contributed by atoms with E-state index in [1.54, 1.807) is 0 Å². The number of carboxylic acid groups (broad SMARTS) is 1. The van der Waals surface area contributed by atoms with E-state index in [1.807, 2.05) is 13.8 Å². The van der Waals surface area contributed by atoms with Crippen molar-refractivity contribution in [1.29, 1.82) is 0 Å². The van der Waals surface area contributed by atoms with Gasteiger partial charge in [-0.15, -0.1) is 11.8 Å². The van der Waals surface area contributed by atoms with Crippen LogP contribution in [0.3, 0.4) is 0 Å². The predicted octanol–water partition coefficient (Wildman–Crippen LogP) is 0.442. The molecule has 0 aliphatic carbocycles. The van der Waals surface area contributed by atoms with Crippen LogP contribution in [0, 0.1) is 5.92 Å². The van der Waals surface area contributed by atoms with Crippen LogP contribution in [0.5, 0.6) is 0 Å². The van der Waals surface area contributed by atoms with Gasteiger partial charge in [-0.2, -0.15) is 0 Å². The molecule has 6 nitrogen and oxygen atoms in total. The summed E-state index contributed by atoms with van der Waals surface area (Å²) in [5.41, 5.74) is 0.513. The number of β-lactam (4-membered cyclic amide) rings is 1. The number of hydrogen-bond donors (Lipinski definition) is 2. The topological polar surface area (TPSA) is 86.7 Å². The van der Waals surface area contributed by atoms with Crippen molar-refractivity contribution >= 4 is 29.5 Å². The molecule has 0 aromatic rings. The minimum absolute atomic E-state index is 0.171. The van der Waals surface area contributed by atoms with Crippen LogP contribution >= 0.6 is 11.8 Å². The van der Waals surface area contributed by atoms with Crippen molar-refractivity contribution in [1.82, 2.24) is 10.2 Å². The van der Waals surface area contributed by atoms with E-state index in [1.165, 1.54) is 16.7 Å². The maximum absolute atomic E-state index is 12.1. The van der Waals surface area contributed by atoms with E-state index < -0.39 is 18.1 Å². The van der Waals surface area contributed by atoms with Crippen LogP contribution in [0.25, 0.3) is 0 Å². The highest BCUT2D eigenvalue weighted by molar-refractivity contribution is 8.00. The van der Waals surface area contributed by atoms with Gasteiger partial charge in [-0.25, -0.2) is 4.79 Å². The number of fused-ring (bicyclic) bond motifs is 1. The lowest BCUT2D eigenvalue weighted by Crippen LogP contribution is -2.74. The van der Waals surface area contributed by atoms with Crippen LogP contribution in [0.15, 0.2) is 12.2 Å². The fourth-order valence-electron chi connectivity index (χ4n) is 2.43. The van der Waals surface area contributed by atoms with Gasteiger partial charge < -0.3 is 15.3 Å². The van der Waals surface area contributed by atoms with Gasteiger partial charge in [-0.1, -0.05) is 20.4 Å². The number of carbonyl (C=O) groups excluding carboxylic acids is 2. The van der Waals surface area contributed by atoms with Gasteiger partial charge in [0.2, 0.25) is 11.8 Å². The highest BCUT2D eigenvalue weighted by Gasteiger charge is 2.56. The van der Waals surface area contributed by atoms with Crippen LogP contribution in [-0.4, -0.2) is 51.0 Å². The molecule has 0 saturated carbocycles. The molecule has 110 valence electrons. The van der Waals surface area contributed by atoms with Crippen molar-refractivity contribution in [2.75, 3.05) is 5.75 Å². The molecule has 3 atom stereocenters. The first-order chi connectivity index (χ1) is 9.32.